The summed E-state index contributed by atoms with van der Waals surface area (Å²) in [5, 5.41) is 15.2. The number of hydrogen-bond acceptors (Lipinski definition) is 6. The Kier molecular flexibility index (Phi) is 4.94. The van der Waals surface area contributed by atoms with Crippen molar-refractivity contribution in [1.29, 1.82) is 0 Å². The van der Waals surface area contributed by atoms with E-state index < -0.39 is 0 Å². The molecule has 1 aromatic carbocycles. The molecule has 0 saturated carbocycles. The zero-order chi connectivity index (χ0) is 16.1. The number of anilines is 1. The highest BCUT2D eigenvalue weighted by Gasteiger charge is 2.12. The largest absolute Gasteiger partial charge is 0.467 e. The van der Waals surface area contributed by atoms with E-state index in [0.717, 1.165) is 5.76 Å². The summed E-state index contributed by atoms with van der Waals surface area (Å²) in [5.41, 5.74) is 0.579. The molecule has 0 aliphatic heterocycles. The highest BCUT2D eigenvalue weighted by atomic mass is 35.5. The minimum absolute atomic E-state index is 0.170. The molecule has 2 aromatic heterocycles. The molecular weight excluding hydrogens is 338 g/mol. The van der Waals surface area contributed by atoms with E-state index in [0.29, 0.717) is 22.4 Å². The molecule has 0 aliphatic carbocycles. The number of carbonyl (C=O) groups excluding carboxylic acids is 1. The molecule has 9 heteroatoms. The molecule has 118 valence electrons. The van der Waals surface area contributed by atoms with E-state index in [1.807, 2.05) is 6.07 Å². The van der Waals surface area contributed by atoms with Crippen LogP contribution in [0, 0.1) is 0 Å². The summed E-state index contributed by atoms with van der Waals surface area (Å²) in [6, 6.07) is 10.7. The number of hydrogen-bond donors (Lipinski definition) is 1. The van der Waals surface area contributed by atoms with Gasteiger partial charge in [-0.2, -0.15) is 0 Å². The predicted octanol–water partition coefficient (Wildman–Crippen LogP) is 2.70. The second kappa shape index (κ2) is 7.30. The van der Waals surface area contributed by atoms with Gasteiger partial charge >= 0.3 is 0 Å². The topological polar surface area (TPSA) is 85.8 Å². The van der Waals surface area contributed by atoms with Crippen LogP contribution in [0.4, 0.5) is 5.69 Å². The maximum atomic E-state index is 12.0. The second-order valence-corrected chi connectivity index (χ2v) is 5.86. The lowest BCUT2D eigenvalue weighted by Gasteiger charge is -2.06. The van der Waals surface area contributed by atoms with Crippen molar-refractivity contribution in [3.05, 3.63) is 53.4 Å². The summed E-state index contributed by atoms with van der Waals surface area (Å²) < 4.78 is 6.84. The van der Waals surface area contributed by atoms with Gasteiger partial charge in [-0.25, -0.2) is 4.68 Å². The minimum Gasteiger partial charge on any atom is -0.467 e. The quantitative estimate of drug-likeness (QED) is 0.688. The first-order valence-corrected chi connectivity index (χ1v) is 8.04. The molecule has 0 saturated heterocycles. The van der Waals surface area contributed by atoms with Gasteiger partial charge in [0.2, 0.25) is 11.1 Å². The summed E-state index contributed by atoms with van der Waals surface area (Å²) in [4.78, 5) is 12.0. The van der Waals surface area contributed by atoms with E-state index in [4.69, 9.17) is 16.0 Å². The highest BCUT2D eigenvalue weighted by molar-refractivity contribution is 7.99. The SMILES string of the molecule is O=C(CSc1nnnn1Cc1ccco1)Nc1ccccc1Cl. The van der Waals surface area contributed by atoms with E-state index in [1.165, 1.54) is 11.8 Å². The van der Waals surface area contributed by atoms with Gasteiger partial charge in [-0.1, -0.05) is 35.5 Å². The number of aromatic nitrogens is 4. The number of para-hydroxylation sites is 1. The van der Waals surface area contributed by atoms with Crippen molar-refractivity contribution in [3.8, 4) is 0 Å². The van der Waals surface area contributed by atoms with Gasteiger partial charge in [-0.15, -0.1) is 5.10 Å². The number of halogens is 1. The molecule has 1 amide bonds. The molecule has 1 N–H and O–H groups in total. The Balaban J connectivity index is 1.57. The van der Waals surface area contributed by atoms with Crippen molar-refractivity contribution in [3.63, 3.8) is 0 Å². The van der Waals surface area contributed by atoms with Crippen molar-refractivity contribution in [2.24, 2.45) is 0 Å². The molecule has 23 heavy (non-hydrogen) atoms. The third kappa shape index (κ3) is 4.11. The van der Waals surface area contributed by atoms with Gasteiger partial charge in [0.05, 0.1) is 22.7 Å². The van der Waals surface area contributed by atoms with Crippen molar-refractivity contribution in [2.45, 2.75) is 11.7 Å². The van der Waals surface area contributed by atoms with Crippen LogP contribution in [-0.4, -0.2) is 31.9 Å². The first-order valence-electron chi connectivity index (χ1n) is 6.68. The van der Waals surface area contributed by atoms with E-state index >= 15 is 0 Å². The van der Waals surface area contributed by atoms with Crippen LogP contribution < -0.4 is 5.32 Å². The van der Waals surface area contributed by atoms with Gasteiger partial charge in [0.15, 0.2) is 0 Å². The van der Waals surface area contributed by atoms with Crippen molar-refractivity contribution in [1.82, 2.24) is 20.2 Å². The lowest BCUT2D eigenvalue weighted by atomic mass is 10.3. The molecule has 0 atom stereocenters. The lowest BCUT2D eigenvalue weighted by molar-refractivity contribution is -0.113. The van der Waals surface area contributed by atoms with Crippen LogP contribution in [0.3, 0.4) is 0 Å². The van der Waals surface area contributed by atoms with E-state index in [1.54, 1.807) is 41.3 Å². The summed E-state index contributed by atoms with van der Waals surface area (Å²) in [6.07, 6.45) is 1.59. The standard InChI is InChI=1S/C14H12ClN5O2S/c15-11-5-1-2-6-12(11)16-13(21)9-23-14-17-18-19-20(14)8-10-4-3-7-22-10/h1-7H,8-9H2,(H,16,21). The lowest BCUT2D eigenvalue weighted by Crippen LogP contribution is -2.15. The molecule has 0 aliphatic rings. The molecule has 3 aromatic rings. The van der Waals surface area contributed by atoms with Gasteiger partial charge in [0, 0.05) is 0 Å². The van der Waals surface area contributed by atoms with Crippen LogP contribution in [-0.2, 0) is 11.3 Å². The van der Waals surface area contributed by atoms with Crippen LogP contribution in [0.2, 0.25) is 5.02 Å². The van der Waals surface area contributed by atoms with Crippen LogP contribution in [0.15, 0.2) is 52.2 Å². The average molecular weight is 350 g/mol. The summed E-state index contributed by atoms with van der Waals surface area (Å²) in [5.74, 6) is 0.722. The highest BCUT2D eigenvalue weighted by Crippen LogP contribution is 2.21. The zero-order valence-corrected chi connectivity index (χ0v) is 13.4. The number of furan rings is 1. The Morgan fingerprint density at radius 2 is 2.17 bits per heavy atom. The maximum Gasteiger partial charge on any atom is 0.234 e. The third-order valence-corrected chi connectivity index (χ3v) is 4.15. The predicted molar refractivity (Wildman–Crippen MR) is 86.4 cm³/mol. The molecule has 0 bridgehead atoms. The molecule has 3 rings (SSSR count). The number of tetrazole rings is 1. The van der Waals surface area contributed by atoms with Gasteiger partial charge < -0.3 is 9.73 Å². The number of rotatable bonds is 6. The number of carbonyl (C=O) groups is 1. The van der Waals surface area contributed by atoms with Crippen LogP contribution >= 0.6 is 23.4 Å². The zero-order valence-electron chi connectivity index (χ0n) is 11.8. The molecule has 0 spiro atoms. The molecule has 2 heterocycles. The Morgan fingerprint density at radius 1 is 1.30 bits per heavy atom. The molecule has 7 nitrogen and oxygen atoms in total. The second-order valence-electron chi connectivity index (χ2n) is 4.52. The number of nitrogens with zero attached hydrogens (tertiary/aromatic N) is 4. The number of amides is 1. The van der Waals surface area contributed by atoms with Gasteiger partial charge in [-0.3, -0.25) is 4.79 Å². The summed E-state index contributed by atoms with van der Waals surface area (Å²) in [6.45, 7) is 0.411. The third-order valence-electron chi connectivity index (χ3n) is 2.87. The summed E-state index contributed by atoms with van der Waals surface area (Å²) in [7, 11) is 0. The Labute approximate surface area is 141 Å². The summed E-state index contributed by atoms with van der Waals surface area (Å²) >= 11 is 7.24. The molecular formula is C14H12ClN5O2S. The molecule has 0 unspecified atom stereocenters. The first-order chi connectivity index (χ1) is 11.2. The normalized spacial score (nSPS) is 10.7. The van der Waals surface area contributed by atoms with E-state index in [9.17, 15) is 4.79 Å². The van der Waals surface area contributed by atoms with Crippen molar-refractivity contribution in [2.75, 3.05) is 11.1 Å². The maximum absolute atomic E-state index is 12.0. The number of thioether (sulfide) groups is 1. The van der Waals surface area contributed by atoms with Crippen LogP contribution in [0.1, 0.15) is 5.76 Å². The van der Waals surface area contributed by atoms with Gasteiger partial charge in [0.25, 0.3) is 0 Å². The smallest absolute Gasteiger partial charge is 0.234 e. The van der Waals surface area contributed by atoms with Gasteiger partial charge in [-0.05, 0) is 34.7 Å². The number of benzene rings is 1. The molecule has 0 fully saturated rings. The minimum atomic E-state index is -0.185. The Hall–Kier alpha value is -2.32. The van der Waals surface area contributed by atoms with Gasteiger partial charge in [0.1, 0.15) is 12.3 Å². The fourth-order valence-corrected chi connectivity index (χ4v) is 2.69. The Morgan fingerprint density at radius 3 is 2.96 bits per heavy atom. The van der Waals surface area contributed by atoms with Crippen molar-refractivity contribution < 1.29 is 9.21 Å². The van der Waals surface area contributed by atoms with E-state index in [-0.39, 0.29) is 11.7 Å². The monoisotopic (exact) mass is 349 g/mol. The van der Waals surface area contributed by atoms with Crippen LogP contribution in [0.5, 0.6) is 0 Å². The fourth-order valence-electron chi connectivity index (χ4n) is 1.83. The number of nitrogens with one attached hydrogen (secondary N) is 1. The van der Waals surface area contributed by atoms with E-state index in [2.05, 4.69) is 20.8 Å². The van der Waals surface area contributed by atoms with Crippen molar-refractivity contribution >= 4 is 35.0 Å². The molecule has 0 radical (unpaired) electrons. The first kappa shape index (κ1) is 15.6. The van der Waals surface area contributed by atoms with Crippen LogP contribution in [0.25, 0.3) is 0 Å². The average Bonchev–Trinajstić information content (AvgIpc) is 3.20. The Bertz CT molecular complexity index is 790. The fraction of sp³-hybridized carbons (Fsp3) is 0.143.